The SMILES string of the molecule is CCCCCCCCCCn1ccnc1C.CCCCCCCCCCn1ccnc1C.Cl.Cl. The van der Waals surface area contributed by atoms with Crippen molar-refractivity contribution >= 4 is 24.8 Å². The van der Waals surface area contributed by atoms with Crippen LogP contribution in [0.1, 0.15) is 128 Å². The third kappa shape index (κ3) is 18.3. The van der Waals surface area contributed by atoms with Gasteiger partial charge < -0.3 is 9.13 Å². The van der Waals surface area contributed by atoms with Crippen LogP contribution in [0, 0.1) is 13.8 Å². The van der Waals surface area contributed by atoms with Crippen LogP contribution in [0.3, 0.4) is 0 Å². The Kier molecular flexibility index (Phi) is 26.0. The fourth-order valence-electron chi connectivity index (χ4n) is 4.11. The van der Waals surface area contributed by atoms with Crippen LogP contribution in [0.25, 0.3) is 0 Å². The Balaban J connectivity index is 0. The molecule has 0 aliphatic carbocycles. The van der Waals surface area contributed by atoms with Crippen molar-refractivity contribution in [1.82, 2.24) is 19.1 Å². The van der Waals surface area contributed by atoms with E-state index in [1.807, 2.05) is 12.4 Å². The molecule has 0 radical (unpaired) electrons. The lowest BCUT2D eigenvalue weighted by atomic mass is 10.1. The van der Waals surface area contributed by atoms with Crippen molar-refractivity contribution in [2.24, 2.45) is 0 Å². The first-order valence-corrected chi connectivity index (χ1v) is 13.6. The lowest BCUT2D eigenvalue weighted by molar-refractivity contribution is 0.539. The number of halogens is 2. The van der Waals surface area contributed by atoms with Crippen LogP contribution >= 0.6 is 24.8 Å². The van der Waals surface area contributed by atoms with Gasteiger partial charge in [-0.2, -0.15) is 0 Å². The molecule has 0 saturated carbocycles. The first kappa shape index (κ1) is 35.2. The molecule has 200 valence electrons. The van der Waals surface area contributed by atoms with Gasteiger partial charge in [-0.1, -0.05) is 104 Å². The average Bonchev–Trinajstić information content (AvgIpc) is 3.40. The molecular weight excluding hydrogens is 463 g/mol. The Morgan fingerprint density at radius 2 is 0.794 bits per heavy atom. The Morgan fingerprint density at radius 3 is 1.06 bits per heavy atom. The zero-order valence-corrected chi connectivity index (χ0v) is 24.3. The van der Waals surface area contributed by atoms with Crippen LogP contribution in [-0.2, 0) is 13.1 Å². The summed E-state index contributed by atoms with van der Waals surface area (Å²) >= 11 is 0. The van der Waals surface area contributed by atoms with Crippen molar-refractivity contribution in [2.45, 2.75) is 144 Å². The Hall–Kier alpha value is -1.00. The van der Waals surface area contributed by atoms with E-state index in [1.54, 1.807) is 0 Å². The molecule has 0 atom stereocenters. The molecule has 0 aromatic carbocycles. The molecule has 0 N–H and O–H groups in total. The summed E-state index contributed by atoms with van der Waals surface area (Å²) in [7, 11) is 0. The summed E-state index contributed by atoms with van der Waals surface area (Å²) in [5.41, 5.74) is 0. The quantitative estimate of drug-likeness (QED) is 0.185. The fourth-order valence-corrected chi connectivity index (χ4v) is 4.11. The zero-order valence-electron chi connectivity index (χ0n) is 22.6. The number of rotatable bonds is 18. The predicted molar refractivity (Wildman–Crippen MR) is 154 cm³/mol. The Bertz CT molecular complexity index is 598. The number of aromatic nitrogens is 4. The van der Waals surface area contributed by atoms with Crippen molar-refractivity contribution in [3.63, 3.8) is 0 Å². The van der Waals surface area contributed by atoms with Gasteiger partial charge in [-0.05, 0) is 26.7 Å². The normalized spacial score (nSPS) is 10.2. The monoisotopic (exact) mass is 516 g/mol. The summed E-state index contributed by atoms with van der Waals surface area (Å²) in [5, 5.41) is 0. The predicted octanol–water partition coefficient (Wildman–Crippen LogP) is 9.51. The van der Waals surface area contributed by atoms with E-state index in [2.05, 4.69) is 59.2 Å². The summed E-state index contributed by atoms with van der Waals surface area (Å²) in [6.45, 7) is 11.0. The first-order chi connectivity index (χ1) is 15.7. The smallest absolute Gasteiger partial charge is 0.105 e. The first-order valence-electron chi connectivity index (χ1n) is 13.6. The lowest BCUT2D eigenvalue weighted by Crippen LogP contribution is -1.98. The van der Waals surface area contributed by atoms with Gasteiger partial charge in [-0.25, -0.2) is 9.97 Å². The highest BCUT2D eigenvalue weighted by atomic mass is 35.5. The second-order valence-electron chi connectivity index (χ2n) is 9.29. The number of hydrogen-bond donors (Lipinski definition) is 0. The van der Waals surface area contributed by atoms with Crippen LogP contribution in [0.4, 0.5) is 0 Å². The molecule has 0 aliphatic heterocycles. The maximum absolute atomic E-state index is 4.23. The van der Waals surface area contributed by atoms with E-state index in [-0.39, 0.29) is 24.8 Å². The Labute approximate surface area is 223 Å². The molecule has 34 heavy (non-hydrogen) atoms. The minimum absolute atomic E-state index is 0. The summed E-state index contributed by atoms with van der Waals surface area (Å²) < 4.78 is 4.49. The molecule has 2 aromatic heterocycles. The molecule has 0 aliphatic rings. The van der Waals surface area contributed by atoms with Gasteiger partial charge in [0, 0.05) is 37.9 Å². The molecule has 0 unspecified atom stereocenters. The molecule has 2 aromatic rings. The molecule has 0 saturated heterocycles. The van der Waals surface area contributed by atoms with E-state index in [1.165, 1.54) is 103 Å². The molecule has 2 heterocycles. The molecule has 0 spiro atoms. The molecule has 0 amide bonds. The highest BCUT2D eigenvalue weighted by Crippen LogP contribution is 2.10. The number of imidazole rings is 2. The van der Waals surface area contributed by atoms with E-state index < -0.39 is 0 Å². The molecule has 2 rings (SSSR count). The minimum Gasteiger partial charge on any atom is -0.335 e. The maximum Gasteiger partial charge on any atom is 0.105 e. The number of hydrogen-bond acceptors (Lipinski definition) is 2. The number of aryl methyl sites for hydroxylation is 4. The number of unbranched alkanes of at least 4 members (excludes halogenated alkanes) is 14. The summed E-state index contributed by atoms with van der Waals surface area (Å²) in [6.07, 6.45) is 30.1. The van der Waals surface area contributed by atoms with Crippen molar-refractivity contribution in [3.05, 3.63) is 36.4 Å². The molecular formula is C28H54Cl2N4. The van der Waals surface area contributed by atoms with E-state index in [0.717, 1.165) is 24.7 Å². The Morgan fingerprint density at radius 1 is 0.500 bits per heavy atom. The van der Waals surface area contributed by atoms with Gasteiger partial charge in [0.15, 0.2) is 0 Å². The van der Waals surface area contributed by atoms with E-state index in [0.29, 0.717) is 0 Å². The summed E-state index contributed by atoms with van der Waals surface area (Å²) in [5.74, 6) is 2.28. The van der Waals surface area contributed by atoms with Crippen LogP contribution < -0.4 is 0 Å². The topological polar surface area (TPSA) is 35.6 Å². The van der Waals surface area contributed by atoms with Gasteiger partial charge in [0.2, 0.25) is 0 Å². The average molecular weight is 518 g/mol. The van der Waals surface area contributed by atoms with Gasteiger partial charge in [0.25, 0.3) is 0 Å². The maximum atomic E-state index is 4.23. The third-order valence-electron chi connectivity index (χ3n) is 6.35. The van der Waals surface area contributed by atoms with Crippen molar-refractivity contribution in [3.8, 4) is 0 Å². The zero-order chi connectivity index (χ0) is 23.3. The van der Waals surface area contributed by atoms with Gasteiger partial charge in [0.05, 0.1) is 0 Å². The van der Waals surface area contributed by atoms with E-state index >= 15 is 0 Å². The van der Waals surface area contributed by atoms with Crippen LogP contribution in [0.5, 0.6) is 0 Å². The van der Waals surface area contributed by atoms with Gasteiger partial charge >= 0.3 is 0 Å². The van der Waals surface area contributed by atoms with E-state index in [9.17, 15) is 0 Å². The second-order valence-corrected chi connectivity index (χ2v) is 9.29. The fraction of sp³-hybridized carbons (Fsp3) is 0.786. The van der Waals surface area contributed by atoms with Gasteiger partial charge in [-0.15, -0.1) is 24.8 Å². The van der Waals surface area contributed by atoms with Crippen LogP contribution in [0.2, 0.25) is 0 Å². The van der Waals surface area contributed by atoms with Gasteiger partial charge in [-0.3, -0.25) is 0 Å². The standard InChI is InChI=1S/2C14H26N2.2ClH/c2*1-3-4-5-6-7-8-9-10-12-16-13-11-15-14(16)2;;/h2*11,13H,3-10,12H2,1-2H3;2*1H. The van der Waals surface area contributed by atoms with E-state index in [4.69, 9.17) is 0 Å². The molecule has 4 nitrogen and oxygen atoms in total. The highest BCUT2D eigenvalue weighted by molar-refractivity contribution is 5.85. The second kappa shape index (κ2) is 25.1. The lowest BCUT2D eigenvalue weighted by Gasteiger charge is -2.04. The van der Waals surface area contributed by atoms with Crippen LogP contribution in [0.15, 0.2) is 24.8 Å². The number of nitrogens with zero attached hydrogens (tertiary/aromatic N) is 4. The highest BCUT2D eigenvalue weighted by Gasteiger charge is 1.97. The largest absolute Gasteiger partial charge is 0.335 e. The van der Waals surface area contributed by atoms with Crippen molar-refractivity contribution in [2.75, 3.05) is 0 Å². The summed E-state index contributed by atoms with van der Waals surface area (Å²) in [4.78, 5) is 8.46. The summed E-state index contributed by atoms with van der Waals surface area (Å²) in [6, 6.07) is 0. The van der Waals surface area contributed by atoms with Gasteiger partial charge in [0.1, 0.15) is 11.6 Å². The van der Waals surface area contributed by atoms with Crippen LogP contribution in [-0.4, -0.2) is 19.1 Å². The molecule has 0 fully saturated rings. The van der Waals surface area contributed by atoms with Crippen molar-refractivity contribution < 1.29 is 0 Å². The molecule has 6 heteroatoms. The minimum atomic E-state index is 0. The third-order valence-corrected chi connectivity index (χ3v) is 6.35. The van der Waals surface area contributed by atoms with Crippen molar-refractivity contribution in [1.29, 1.82) is 0 Å². The molecule has 0 bridgehead atoms.